The predicted molar refractivity (Wildman–Crippen MR) is 63.8 cm³/mol. The summed E-state index contributed by atoms with van der Waals surface area (Å²) in [5.41, 5.74) is 1.66. The van der Waals surface area contributed by atoms with Gasteiger partial charge in [-0.2, -0.15) is 0 Å². The molecular weight excluding hydrogens is 270 g/mol. The molecule has 0 aliphatic heterocycles. The second kappa shape index (κ2) is 4.76. The van der Waals surface area contributed by atoms with Gasteiger partial charge in [-0.25, -0.2) is 4.98 Å². The lowest BCUT2D eigenvalue weighted by atomic mass is 10.1. The van der Waals surface area contributed by atoms with Gasteiger partial charge in [-0.05, 0) is 27.6 Å². The molecule has 1 N–H and O–H groups in total. The number of aromatic nitrogens is 3. The molecule has 1 atom stereocenters. The standard InChI is InChI=1S/C11H12BrN3O/c1-15-6-10(14-7-15)11(16)3-8-2-9(12)5-13-4-8/h2,4-7,11,16H,3H2,1H3. The van der Waals surface area contributed by atoms with Gasteiger partial charge in [0.15, 0.2) is 0 Å². The molecule has 2 aromatic rings. The van der Waals surface area contributed by atoms with E-state index in [4.69, 9.17) is 0 Å². The lowest BCUT2D eigenvalue weighted by molar-refractivity contribution is 0.174. The van der Waals surface area contributed by atoms with Gasteiger partial charge in [0.2, 0.25) is 0 Å². The van der Waals surface area contributed by atoms with Crippen LogP contribution in [0.4, 0.5) is 0 Å². The first kappa shape index (κ1) is 11.3. The van der Waals surface area contributed by atoms with Gasteiger partial charge in [0.25, 0.3) is 0 Å². The smallest absolute Gasteiger partial charge is 0.102 e. The molecule has 2 aromatic heterocycles. The third kappa shape index (κ3) is 2.68. The Morgan fingerprint density at radius 3 is 2.94 bits per heavy atom. The van der Waals surface area contributed by atoms with Crippen LogP contribution in [0.2, 0.25) is 0 Å². The van der Waals surface area contributed by atoms with Crippen molar-refractivity contribution in [2.45, 2.75) is 12.5 Å². The normalized spacial score (nSPS) is 12.7. The first-order valence-electron chi connectivity index (χ1n) is 4.90. The Morgan fingerprint density at radius 1 is 1.50 bits per heavy atom. The first-order chi connectivity index (χ1) is 7.65. The van der Waals surface area contributed by atoms with E-state index >= 15 is 0 Å². The van der Waals surface area contributed by atoms with Gasteiger partial charge in [-0.15, -0.1) is 0 Å². The molecule has 0 saturated carbocycles. The summed E-state index contributed by atoms with van der Waals surface area (Å²) in [7, 11) is 1.88. The number of imidazole rings is 1. The highest BCUT2D eigenvalue weighted by Gasteiger charge is 2.11. The Kier molecular flexibility index (Phi) is 3.36. The molecule has 0 aliphatic rings. The van der Waals surface area contributed by atoms with Crippen LogP contribution in [0.25, 0.3) is 0 Å². The maximum Gasteiger partial charge on any atom is 0.102 e. The van der Waals surface area contributed by atoms with Crippen molar-refractivity contribution in [2.75, 3.05) is 0 Å². The topological polar surface area (TPSA) is 50.9 Å². The molecule has 5 heteroatoms. The van der Waals surface area contributed by atoms with Crippen molar-refractivity contribution in [3.63, 3.8) is 0 Å². The minimum absolute atomic E-state index is 0.517. The molecule has 0 spiro atoms. The van der Waals surface area contributed by atoms with Crippen molar-refractivity contribution in [3.8, 4) is 0 Å². The summed E-state index contributed by atoms with van der Waals surface area (Å²) in [6.45, 7) is 0. The van der Waals surface area contributed by atoms with Crippen LogP contribution in [-0.2, 0) is 13.5 Å². The monoisotopic (exact) mass is 281 g/mol. The molecule has 0 aromatic carbocycles. The molecular formula is C11H12BrN3O. The summed E-state index contributed by atoms with van der Waals surface area (Å²) >= 11 is 3.35. The SMILES string of the molecule is Cn1cnc(C(O)Cc2cncc(Br)c2)c1. The molecule has 1 unspecified atom stereocenters. The van der Waals surface area contributed by atoms with E-state index in [1.807, 2.05) is 23.9 Å². The molecule has 2 heterocycles. The Bertz CT molecular complexity index is 484. The minimum Gasteiger partial charge on any atom is -0.386 e. The third-order valence-corrected chi connectivity index (χ3v) is 2.69. The second-order valence-corrected chi connectivity index (χ2v) is 4.61. The fourth-order valence-corrected chi connectivity index (χ4v) is 1.91. The maximum atomic E-state index is 9.96. The van der Waals surface area contributed by atoms with Gasteiger partial charge >= 0.3 is 0 Å². The number of halogens is 1. The number of aliphatic hydroxyl groups is 1. The third-order valence-electron chi connectivity index (χ3n) is 2.26. The van der Waals surface area contributed by atoms with Crippen LogP contribution in [0.15, 0.2) is 35.5 Å². The Labute approximate surface area is 102 Å². The van der Waals surface area contributed by atoms with Crippen LogP contribution >= 0.6 is 15.9 Å². The molecule has 0 aliphatic carbocycles. The van der Waals surface area contributed by atoms with E-state index in [2.05, 4.69) is 25.9 Å². The molecule has 16 heavy (non-hydrogen) atoms. The highest BCUT2D eigenvalue weighted by atomic mass is 79.9. The number of hydrogen-bond acceptors (Lipinski definition) is 3. The van der Waals surface area contributed by atoms with Gasteiger partial charge in [-0.1, -0.05) is 0 Å². The summed E-state index contributed by atoms with van der Waals surface area (Å²) in [5.74, 6) is 0. The highest BCUT2D eigenvalue weighted by molar-refractivity contribution is 9.10. The molecule has 0 saturated heterocycles. The van der Waals surface area contributed by atoms with Crippen molar-refractivity contribution >= 4 is 15.9 Å². The minimum atomic E-state index is -0.586. The molecule has 0 radical (unpaired) electrons. The van der Waals surface area contributed by atoms with Crippen LogP contribution in [0.3, 0.4) is 0 Å². The molecule has 0 amide bonds. The number of pyridine rings is 1. The summed E-state index contributed by atoms with van der Waals surface area (Å²) in [6.07, 6.45) is 6.89. The molecule has 0 bridgehead atoms. The van der Waals surface area contributed by atoms with Crippen LogP contribution in [0.1, 0.15) is 17.4 Å². The fraction of sp³-hybridized carbons (Fsp3) is 0.273. The van der Waals surface area contributed by atoms with E-state index < -0.39 is 6.10 Å². The number of aryl methyl sites for hydroxylation is 1. The summed E-state index contributed by atoms with van der Waals surface area (Å²) in [4.78, 5) is 8.17. The average molecular weight is 282 g/mol. The Morgan fingerprint density at radius 2 is 2.31 bits per heavy atom. The van der Waals surface area contributed by atoms with Gasteiger partial charge in [0.05, 0.1) is 12.0 Å². The van der Waals surface area contributed by atoms with Crippen molar-refractivity contribution in [2.24, 2.45) is 7.05 Å². The number of nitrogens with zero attached hydrogens (tertiary/aromatic N) is 3. The van der Waals surface area contributed by atoms with Crippen LogP contribution in [-0.4, -0.2) is 19.6 Å². The van der Waals surface area contributed by atoms with E-state index in [1.165, 1.54) is 0 Å². The first-order valence-corrected chi connectivity index (χ1v) is 5.70. The second-order valence-electron chi connectivity index (χ2n) is 3.70. The summed E-state index contributed by atoms with van der Waals surface area (Å²) in [5, 5.41) is 9.96. The Hall–Kier alpha value is -1.20. The fourth-order valence-electron chi connectivity index (χ4n) is 1.50. The number of aliphatic hydroxyl groups excluding tert-OH is 1. The zero-order valence-electron chi connectivity index (χ0n) is 8.84. The molecule has 2 rings (SSSR count). The molecule has 0 fully saturated rings. The highest BCUT2D eigenvalue weighted by Crippen LogP contribution is 2.18. The largest absolute Gasteiger partial charge is 0.386 e. The van der Waals surface area contributed by atoms with E-state index in [0.717, 1.165) is 10.0 Å². The predicted octanol–water partition coefficient (Wildman–Crippen LogP) is 1.85. The van der Waals surface area contributed by atoms with Crippen molar-refractivity contribution in [3.05, 3.63) is 46.7 Å². The van der Waals surface area contributed by atoms with E-state index in [1.54, 1.807) is 18.7 Å². The van der Waals surface area contributed by atoms with Gasteiger partial charge in [0, 0.05) is 36.5 Å². The number of hydrogen-bond donors (Lipinski definition) is 1. The van der Waals surface area contributed by atoms with E-state index in [-0.39, 0.29) is 0 Å². The zero-order chi connectivity index (χ0) is 11.5. The quantitative estimate of drug-likeness (QED) is 0.934. The van der Waals surface area contributed by atoms with Crippen LogP contribution < -0.4 is 0 Å². The number of rotatable bonds is 3. The maximum absolute atomic E-state index is 9.96. The van der Waals surface area contributed by atoms with Gasteiger partial charge in [0.1, 0.15) is 6.10 Å². The van der Waals surface area contributed by atoms with Gasteiger partial charge in [-0.3, -0.25) is 4.98 Å². The van der Waals surface area contributed by atoms with Crippen LogP contribution in [0, 0.1) is 0 Å². The van der Waals surface area contributed by atoms with E-state index in [0.29, 0.717) is 12.1 Å². The Balaban J connectivity index is 2.10. The van der Waals surface area contributed by atoms with E-state index in [9.17, 15) is 5.11 Å². The summed E-state index contributed by atoms with van der Waals surface area (Å²) in [6, 6.07) is 1.94. The van der Waals surface area contributed by atoms with Gasteiger partial charge < -0.3 is 9.67 Å². The van der Waals surface area contributed by atoms with Crippen molar-refractivity contribution in [1.29, 1.82) is 0 Å². The molecule has 4 nitrogen and oxygen atoms in total. The molecule has 84 valence electrons. The van der Waals surface area contributed by atoms with Crippen molar-refractivity contribution in [1.82, 2.24) is 14.5 Å². The lowest BCUT2D eigenvalue weighted by Crippen LogP contribution is -2.02. The van der Waals surface area contributed by atoms with Crippen LogP contribution in [0.5, 0.6) is 0 Å². The van der Waals surface area contributed by atoms with Crippen molar-refractivity contribution < 1.29 is 5.11 Å². The average Bonchev–Trinajstić information content (AvgIpc) is 2.65. The lowest BCUT2D eigenvalue weighted by Gasteiger charge is -2.07. The zero-order valence-corrected chi connectivity index (χ0v) is 10.4. The summed E-state index contributed by atoms with van der Waals surface area (Å²) < 4.78 is 2.73.